The number of carboxylic acid groups (broad SMARTS) is 1. The molecule has 1 aromatic heterocycles. The van der Waals surface area contributed by atoms with Crippen LogP contribution in [0.3, 0.4) is 0 Å². The van der Waals surface area contributed by atoms with E-state index in [1.54, 1.807) is 0 Å². The summed E-state index contributed by atoms with van der Waals surface area (Å²) in [5.74, 6) is -1.07. The zero-order valence-electron chi connectivity index (χ0n) is 4.47. The van der Waals surface area contributed by atoms with Crippen LogP contribution in [0.1, 0.15) is 10.5 Å². The van der Waals surface area contributed by atoms with Gasteiger partial charge in [0.05, 0.1) is 0 Å². The average Bonchev–Trinajstić information content (AvgIpc) is 2.10. The second-order valence-electron chi connectivity index (χ2n) is 1.39. The van der Waals surface area contributed by atoms with Crippen LogP contribution in [-0.4, -0.2) is 16.1 Å². The Labute approximate surface area is 73.8 Å². The van der Waals surface area contributed by atoms with Crippen molar-refractivity contribution in [2.45, 2.75) is 0 Å². The zero-order valence-corrected chi connectivity index (χ0v) is 7.63. The van der Waals surface area contributed by atoms with Crippen LogP contribution < -0.4 is 0 Å². The molecule has 1 rings (SSSR count). The molecule has 0 saturated carbocycles. The second kappa shape index (κ2) is 2.86. The number of carbonyl (C=O) groups is 1. The van der Waals surface area contributed by atoms with Crippen molar-refractivity contribution >= 4 is 44.8 Å². The maximum Gasteiger partial charge on any atom is 0.356 e. The first kappa shape index (κ1) is 7.97. The van der Waals surface area contributed by atoms with Crippen LogP contribution in [-0.2, 0) is 0 Å². The van der Waals surface area contributed by atoms with Crippen molar-refractivity contribution in [3.05, 3.63) is 13.9 Å². The van der Waals surface area contributed by atoms with E-state index in [9.17, 15) is 4.79 Å². The smallest absolute Gasteiger partial charge is 0.356 e. The number of hydrogen-bond acceptors (Lipinski definition) is 3. The van der Waals surface area contributed by atoms with E-state index in [0.717, 1.165) is 11.3 Å². The SMILES string of the molecule is O=C(O)c1nc(Cl)sc1Br. The molecule has 0 bridgehead atoms. The van der Waals surface area contributed by atoms with Crippen LogP contribution in [0.2, 0.25) is 4.47 Å². The molecule has 10 heavy (non-hydrogen) atoms. The molecular formula is C4HBrClNO2S. The lowest BCUT2D eigenvalue weighted by molar-refractivity contribution is 0.0690. The van der Waals surface area contributed by atoms with Gasteiger partial charge in [-0.25, -0.2) is 9.78 Å². The number of rotatable bonds is 1. The van der Waals surface area contributed by atoms with Crippen molar-refractivity contribution in [1.82, 2.24) is 4.98 Å². The molecule has 1 heterocycles. The highest BCUT2D eigenvalue weighted by molar-refractivity contribution is 9.11. The van der Waals surface area contributed by atoms with Crippen LogP contribution in [0, 0.1) is 0 Å². The predicted octanol–water partition coefficient (Wildman–Crippen LogP) is 2.26. The first-order chi connectivity index (χ1) is 4.61. The molecule has 0 unspecified atom stereocenters. The van der Waals surface area contributed by atoms with Gasteiger partial charge in [0.1, 0.15) is 3.79 Å². The van der Waals surface area contributed by atoms with Gasteiger partial charge in [0.2, 0.25) is 0 Å². The molecule has 54 valence electrons. The fourth-order valence-corrected chi connectivity index (χ4v) is 2.24. The van der Waals surface area contributed by atoms with E-state index in [0.29, 0.717) is 3.79 Å². The van der Waals surface area contributed by atoms with E-state index >= 15 is 0 Å². The molecule has 0 aliphatic heterocycles. The molecule has 0 spiro atoms. The van der Waals surface area contributed by atoms with Gasteiger partial charge in [-0.2, -0.15) is 0 Å². The fourth-order valence-electron chi connectivity index (χ4n) is 0.409. The van der Waals surface area contributed by atoms with Gasteiger partial charge in [0.15, 0.2) is 10.2 Å². The normalized spacial score (nSPS) is 9.80. The molecule has 1 aromatic rings. The topological polar surface area (TPSA) is 50.2 Å². The molecule has 1 N–H and O–H groups in total. The minimum Gasteiger partial charge on any atom is -0.476 e. The Balaban J connectivity index is 3.15. The van der Waals surface area contributed by atoms with Crippen LogP contribution in [0.5, 0.6) is 0 Å². The van der Waals surface area contributed by atoms with Gasteiger partial charge in [-0.1, -0.05) is 22.9 Å². The minimum absolute atomic E-state index is 0.0324. The molecule has 0 fully saturated rings. The molecule has 0 aliphatic rings. The number of nitrogens with zero attached hydrogens (tertiary/aromatic N) is 1. The Bertz CT molecular complexity index is 274. The molecule has 0 saturated heterocycles. The van der Waals surface area contributed by atoms with E-state index in [1.807, 2.05) is 0 Å². The van der Waals surface area contributed by atoms with E-state index in [2.05, 4.69) is 20.9 Å². The average molecular weight is 242 g/mol. The summed E-state index contributed by atoms with van der Waals surface area (Å²) in [6, 6.07) is 0. The van der Waals surface area contributed by atoms with E-state index in [1.165, 1.54) is 0 Å². The summed E-state index contributed by atoms with van der Waals surface area (Å²) in [6.07, 6.45) is 0. The Morgan fingerprint density at radius 3 is 2.60 bits per heavy atom. The van der Waals surface area contributed by atoms with Crippen molar-refractivity contribution in [2.75, 3.05) is 0 Å². The Kier molecular flexibility index (Phi) is 2.28. The van der Waals surface area contributed by atoms with Crippen molar-refractivity contribution in [1.29, 1.82) is 0 Å². The molecule has 0 radical (unpaired) electrons. The van der Waals surface area contributed by atoms with Crippen molar-refractivity contribution in [3.8, 4) is 0 Å². The first-order valence-corrected chi connectivity index (χ1v) is 4.15. The minimum atomic E-state index is -1.07. The van der Waals surface area contributed by atoms with Crippen molar-refractivity contribution < 1.29 is 9.90 Å². The fraction of sp³-hybridized carbons (Fsp3) is 0. The van der Waals surface area contributed by atoms with Gasteiger partial charge in [0, 0.05) is 0 Å². The zero-order chi connectivity index (χ0) is 7.72. The second-order valence-corrected chi connectivity index (χ2v) is 4.29. The molecule has 6 heteroatoms. The monoisotopic (exact) mass is 241 g/mol. The van der Waals surface area contributed by atoms with Gasteiger partial charge in [-0.3, -0.25) is 0 Å². The standard InChI is InChI=1S/C4HBrClNO2S/c5-2-1(3(8)9)7-4(6)10-2/h(H,8,9). The summed E-state index contributed by atoms with van der Waals surface area (Å²) in [6.45, 7) is 0. The van der Waals surface area contributed by atoms with E-state index < -0.39 is 5.97 Å². The Morgan fingerprint density at radius 2 is 2.40 bits per heavy atom. The van der Waals surface area contributed by atoms with Crippen molar-refractivity contribution in [2.24, 2.45) is 0 Å². The summed E-state index contributed by atoms with van der Waals surface area (Å²) in [4.78, 5) is 13.8. The van der Waals surface area contributed by atoms with Crippen LogP contribution in [0.25, 0.3) is 0 Å². The summed E-state index contributed by atoms with van der Waals surface area (Å²) in [7, 11) is 0. The van der Waals surface area contributed by atoms with Gasteiger partial charge in [0.25, 0.3) is 0 Å². The molecule has 0 amide bonds. The summed E-state index contributed by atoms with van der Waals surface area (Å²) in [5, 5.41) is 8.43. The Hall–Kier alpha value is -0.130. The molecular weight excluding hydrogens is 241 g/mol. The molecule has 0 aromatic carbocycles. The van der Waals surface area contributed by atoms with Gasteiger partial charge < -0.3 is 5.11 Å². The summed E-state index contributed by atoms with van der Waals surface area (Å²) in [5.41, 5.74) is -0.0324. The number of thiazole rings is 1. The third-order valence-corrected chi connectivity index (χ3v) is 2.57. The maximum atomic E-state index is 10.3. The van der Waals surface area contributed by atoms with Gasteiger partial charge >= 0.3 is 5.97 Å². The lowest BCUT2D eigenvalue weighted by Crippen LogP contribution is -1.96. The maximum absolute atomic E-state index is 10.3. The van der Waals surface area contributed by atoms with Crippen LogP contribution >= 0.6 is 38.9 Å². The summed E-state index contributed by atoms with van der Waals surface area (Å²) >= 11 is 9.52. The lowest BCUT2D eigenvalue weighted by Gasteiger charge is -1.82. The highest BCUT2D eigenvalue weighted by Gasteiger charge is 2.13. The number of carboxylic acids is 1. The molecule has 3 nitrogen and oxygen atoms in total. The first-order valence-electron chi connectivity index (χ1n) is 2.16. The van der Waals surface area contributed by atoms with E-state index in [4.69, 9.17) is 16.7 Å². The quantitative estimate of drug-likeness (QED) is 0.822. The number of aromatic carboxylic acids is 1. The lowest BCUT2D eigenvalue weighted by atomic mass is 10.5. The van der Waals surface area contributed by atoms with Crippen molar-refractivity contribution in [3.63, 3.8) is 0 Å². The number of aromatic nitrogens is 1. The van der Waals surface area contributed by atoms with E-state index in [-0.39, 0.29) is 10.2 Å². The van der Waals surface area contributed by atoms with Gasteiger partial charge in [-0.15, -0.1) is 0 Å². The molecule has 0 aliphatic carbocycles. The third-order valence-electron chi connectivity index (χ3n) is 0.762. The van der Waals surface area contributed by atoms with Crippen LogP contribution in [0.15, 0.2) is 3.79 Å². The van der Waals surface area contributed by atoms with Crippen LogP contribution in [0.4, 0.5) is 0 Å². The molecule has 0 atom stereocenters. The predicted molar refractivity (Wildman–Crippen MR) is 41.8 cm³/mol. The van der Waals surface area contributed by atoms with Gasteiger partial charge in [-0.05, 0) is 15.9 Å². The third kappa shape index (κ3) is 1.47. The largest absolute Gasteiger partial charge is 0.476 e. The summed E-state index contributed by atoms with van der Waals surface area (Å²) < 4.78 is 0.675. The Morgan fingerprint density at radius 1 is 1.80 bits per heavy atom. The number of halogens is 2. The number of hydrogen-bond donors (Lipinski definition) is 1. The highest BCUT2D eigenvalue weighted by atomic mass is 79.9. The highest BCUT2D eigenvalue weighted by Crippen LogP contribution is 2.27.